The van der Waals surface area contributed by atoms with Crippen molar-refractivity contribution < 1.29 is 4.79 Å². The molecule has 0 spiro atoms. The Labute approximate surface area is 200 Å². The van der Waals surface area contributed by atoms with Crippen LogP contribution in [-0.2, 0) is 13.0 Å². The standard InChI is InChI=1S/C27H29ClN4O/c1-19-16-22(28)7-8-23(19)21-6-9-25(29-17-21)27(33)32-11-10-20-4-3-5-26(24(20)18-32)31-14-12-30(2)13-15-31/h3-9,16-17H,10-15,18H2,1-2H3. The fourth-order valence-electron chi connectivity index (χ4n) is 4.87. The summed E-state index contributed by atoms with van der Waals surface area (Å²) in [6.45, 7) is 7.56. The van der Waals surface area contributed by atoms with Crippen LogP contribution < -0.4 is 4.90 Å². The van der Waals surface area contributed by atoms with Crippen molar-refractivity contribution in [2.75, 3.05) is 44.7 Å². The first-order valence-corrected chi connectivity index (χ1v) is 11.9. The summed E-state index contributed by atoms with van der Waals surface area (Å²) < 4.78 is 0. The highest BCUT2D eigenvalue weighted by Crippen LogP contribution is 2.31. The molecule has 0 bridgehead atoms. The van der Waals surface area contributed by atoms with Crippen LogP contribution in [0.4, 0.5) is 5.69 Å². The van der Waals surface area contributed by atoms with Crippen molar-refractivity contribution in [2.24, 2.45) is 0 Å². The zero-order valence-electron chi connectivity index (χ0n) is 19.2. The Morgan fingerprint density at radius 2 is 1.82 bits per heavy atom. The first kappa shape index (κ1) is 21.9. The van der Waals surface area contributed by atoms with Crippen LogP contribution >= 0.6 is 11.6 Å². The molecule has 2 aliphatic rings. The number of hydrogen-bond donors (Lipinski definition) is 0. The number of aromatic nitrogens is 1. The Bertz CT molecular complexity index is 1170. The largest absolute Gasteiger partial charge is 0.369 e. The summed E-state index contributed by atoms with van der Waals surface area (Å²) in [5.74, 6) is -0.00629. The summed E-state index contributed by atoms with van der Waals surface area (Å²) >= 11 is 6.09. The van der Waals surface area contributed by atoms with Crippen LogP contribution in [0.15, 0.2) is 54.7 Å². The number of anilines is 1. The second-order valence-corrected chi connectivity index (χ2v) is 9.51. The first-order chi connectivity index (χ1) is 16.0. The Morgan fingerprint density at radius 1 is 1.00 bits per heavy atom. The summed E-state index contributed by atoms with van der Waals surface area (Å²) in [6.07, 6.45) is 2.67. The molecule has 1 amide bonds. The SMILES string of the molecule is Cc1cc(Cl)ccc1-c1ccc(C(=O)N2CCc3cccc(N4CCN(C)CC4)c3C2)nc1. The lowest BCUT2D eigenvalue weighted by molar-refractivity contribution is 0.0729. The van der Waals surface area contributed by atoms with Gasteiger partial charge in [0.25, 0.3) is 5.91 Å². The minimum absolute atomic E-state index is 0.00629. The predicted molar refractivity (Wildman–Crippen MR) is 134 cm³/mol. The van der Waals surface area contributed by atoms with Crippen LogP contribution in [0.2, 0.25) is 5.02 Å². The monoisotopic (exact) mass is 460 g/mol. The number of hydrogen-bond acceptors (Lipinski definition) is 4. The van der Waals surface area contributed by atoms with E-state index in [1.54, 1.807) is 6.20 Å². The molecular formula is C27H29ClN4O. The number of carbonyl (C=O) groups excluding carboxylic acids is 1. The molecule has 5 nitrogen and oxygen atoms in total. The Hall–Kier alpha value is -2.89. The quantitative estimate of drug-likeness (QED) is 0.570. The van der Waals surface area contributed by atoms with Crippen molar-refractivity contribution in [1.82, 2.24) is 14.8 Å². The topological polar surface area (TPSA) is 39.7 Å². The normalized spacial score (nSPS) is 16.6. The number of pyridine rings is 1. The molecule has 2 aliphatic heterocycles. The van der Waals surface area contributed by atoms with Crippen molar-refractivity contribution >= 4 is 23.2 Å². The van der Waals surface area contributed by atoms with Gasteiger partial charge >= 0.3 is 0 Å². The molecule has 0 saturated carbocycles. The highest BCUT2D eigenvalue weighted by molar-refractivity contribution is 6.30. The highest BCUT2D eigenvalue weighted by atomic mass is 35.5. The number of rotatable bonds is 3. The molecule has 33 heavy (non-hydrogen) atoms. The van der Waals surface area contributed by atoms with Crippen LogP contribution in [0.25, 0.3) is 11.1 Å². The van der Waals surface area contributed by atoms with Gasteiger partial charge in [0.1, 0.15) is 5.69 Å². The lowest BCUT2D eigenvalue weighted by atomic mass is 9.96. The second-order valence-electron chi connectivity index (χ2n) is 9.07. The van der Waals surface area contributed by atoms with E-state index in [1.807, 2.05) is 42.2 Å². The third-order valence-electron chi connectivity index (χ3n) is 6.86. The second kappa shape index (κ2) is 9.16. The van der Waals surface area contributed by atoms with E-state index in [2.05, 4.69) is 40.0 Å². The summed E-state index contributed by atoms with van der Waals surface area (Å²) in [7, 11) is 2.17. The van der Waals surface area contributed by atoms with E-state index in [-0.39, 0.29) is 5.91 Å². The molecule has 3 heterocycles. The van der Waals surface area contributed by atoms with Gasteiger partial charge in [-0.2, -0.15) is 0 Å². The smallest absolute Gasteiger partial charge is 0.272 e. The van der Waals surface area contributed by atoms with E-state index in [0.717, 1.165) is 60.9 Å². The molecule has 6 heteroatoms. The number of halogens is 1. The summed E-state index contributed by atoms with van der Waals surface area (Å²) in [4.78, 5) is 24.6. The number of aryl methyl sites for hydroxylation is 1. The Kier molecular flexibility index (Phi) is 6.09. The molecule has 0 unspecified atom stereocenters. The first-order valence-electron chi connectivity index (χ1n) is 11.6. The Morgan fingerprint density at radius 3 is 2.55 bits per heavy atom. The van der Waals surface area contributed by atoms with Crippen LogP contribution in [0.5, 0.6) is 0 Å². The minimum Gasteiger partial charge on any atom is -0.369 e. The van der Waals surface area contributed by atoms with Gasteiger partial charge in [-0.25, -0.2) is 0 Å². The van der Waals surface area contributed by atoms with E-state index in [4.69, 9.17) is 11.6 Å². The molecule has 0 atom stereocenters. The number of piperazine rings is 1. The third-order valence-corrected chi connectivity index (χ3v) is 7.10. The molecule has 1 aromatic heterocycles. The molecular weight excluding hydrogens is 432 g/mol. The number of carbonyl (C=O) groups is 1. The van der Waals surface area contributed by atoms with Gasteiger partial charge in [-0.1, -0.05) is 35.9 Å². The Balaban J connectivity index is 1.35. The van der Waals surface area contributed by atoms with Crippen LogP contribution in [0, 0.1) is 6.92 Å². The predicted octanol–water partition coefficient (Wildman–Crippen LogP) is 4.66. The maximum absolute atomic E-state index is 13.3. The number of likely N-dealkylation sites (N-methyl/N-ethyl adjacent to an activating group) is 1. The van der Waals surface area contributed by atoms with Crippen molar-refractivity contribution in [1.29, 1.82) is 0 Å². The van der Waals surface area contributed by atoms with Gasteiger partial charge < -0.3 is 14.7 Å². The number of fused-ring (bicyclic) bond motifs is 1. The fourth-order valence-corrected chi connectivity index (χ4v) is 5.10. The molecule has 170 valence electrons. The zero-order chi connectivity index (χ0) is 22.9. The van der Waals surface area contributed by atoms with Gasteiger partial charge in [-0.05, 0) is 66.9 Å². The van der Waals surface area contributed by atoms with Crippen molar-refractivity contribution in [2.45, 2.75) is 19.9 Å². The van der Waals surface area contributed by atoms with Gasteiger partial charge in [0.2, 0.25) is 0 Å². The molecule has 5 rings (SSSR count). The van der Waals surface area contributed by atoms with E-state index in [0.29, 0.717) is 12.2 Å². The average molecular weight is 461 g/mol. The minimum atomic E-state index is -0.00629. The zero-order valence-corrected chi connectivity index (χ0v) is 20.0. The summed E-state index contributed by atoms with van der Waals surface area (Å²) in [6, 6.07) is 16.2. The number of benzene rings is 2. The number of nitrogens with zero attached hydrogens (tertiary/aromatic N) is 4. The van der Waals surface area contributed by atoms with E-state index < -0.39 is 0 Å². The summed E-state index contributed by atoms with van der Waals surface area (Å²) in [5, 5.41) is 0.720. The molecule has 0 radical (unpaired) electrons. The van der Waals surface area contributed by atoms with Crippen molar-refractivity contribution in [3.63, 3.8) is 0 Å². The molecule has 2 aromatic carbocycles. The van der Waals surface area contributed by atoms with E-state index >= 15 is 0 Å². The molecule has 3 aromatic rings. The van der Waals surface area contributed by atoms with E-state index in [9.17, 15) is 4.79 Å². The van der Waals surface area contributed by atoms with Crippen molar-refractivity contribution in [3.05, 3.63) is 82.1 Å². The maximum atomic E-state index is 13.3. The summed E-state index contributed by atoms with van der Waals surface area (Å²) in [5.41, 5.74) is 7.57. The molecule has 1 saturated heterocycles. The highest BCUT2D eigenvalue weighted by Gasteiger charge is 2.26. The van der Waals surface area contributed by atoms with Gasteiger partial charge in [0.15, 0.2) is 0 Å². The van der Waals surface area contributed by atoms with Crippen LogP contribution in [0.3, 0.4) is 0 Å². The maximum Gasteiger partial charge on any atom is 0.272 e. The third kappa shape index (κ3) is 4.48. The number of amides is 1. The van der Waals surface area contributed by atoms with Gasteiger partial charge in [0, 0.05) is 61.7 Å². The van der Waals surface area contributed by atoms with Gasteiger partial charge in [-0.15, -0.1) is 0 Å². The molecule has 0 aliphatic carbocycles. The van der Waals surface area contributed by atoms with Crippen LogP contribution in [0.1, 0.15) is 27.2 Å². The van der Waals surface area contributed by atoms with Crippen molar-refractivity contribution in [3.8, 4) is 11.1 Å². The van der Waals surface area contributed by atoms with Crippen LogP contribution in [-0.4, -0.2) is 60.5 Å². The lowest BCUT2D eigenvalue weighted by Crippen LogP contribution is -2.45. The fraction of sp³-hybridized carbons (Fsp3) is 0.333. The molecule has 0 N–H and O–H groups in total. The lowest BCUT2D eigenvalue weighted by Gasteiger charge is -2.38. The average Bonchev–Trinajstić information content (AvgIpc) is 2.84. The molecule has 1 fully saturated rings. The van der Waals surface area contributed by atoms with Gasteiger partial charge in [0.05, 0.1) is 0 Å². The van der Waals surface area contributed by atoms with E-state index in [1.165, 1.54) is 16.8 Å². The van der Waals surface area contributed by atoms with Gasteiger partial charge in [-0.3, -0.25) is 9.78 Å².